The summed E-state index contributed by atoms with van der Waals surface area (Å²) in [6.07, 6.45) is 5.84. The standard InChI is InChI=1S/C24H32FN3O3.HI/c1-17(20-6-7-23(22(25)13-20)31-16-18-4-5-18)28-24(27-14-19-9-12-29-15-19)26-10-8-21-3-2-11-30-21;/h2-3,6-7,11,13,17-19H,4-5,8-10,12,14-16H2,1H3,(H2,26,27,28);1H. The Balaban J connectivity index is 0.00000289. The van der Waals surface area contributed by atoms with Crippen LogP contribution in [-0.2, 0) is 11.2 Å². The molecule has 2 unspecified atom stereocenters. The van der Waals surface area contributed by atoms with Crippen molar-refractivity contribution >= 4 is 29.9 Å². The summed E-state index contributed by atoms with van der Waals surface area (Å²) >= 11 is 0. The van der Waals surface area contributed by atoms with Gasteiger partial charge in [0.1, 0.15) is 5.76 Å². The SMILES string of the molecule is CC(NC(=NCC1CCOC1)NCCc1ccco1)c1ccc(OCC2CC2)c(F)c1.I. The number of hydrogen-bond acceptors (Lipinski definition) is 4. The molecule has 2 heterocycles. The number of furan rings is 1. The van der Waals surface area contributed by atoms with Gasteiger partial charge in [-0.3, -0.25) is 4.99 Å². The monoisotopic (exact) mass is 557 g/mol. The van der Waals surface area contributed by atoms with Crippen molar-refractivity contribution in [3.63, 3.8) is 0 Å². The smallest absolute Gasteiger partial charge is 0.191 e. The van der Waals surface area contributed by atoms with Gasteiger partial charge in [0.15, 0.2) is 17.5 Å². The lowest BCUT2D eigenvalue weighted by atomic mass is 10.1. The second-order valence-corrected chi connectivity index (χ2v) is 8.49. The van der Waals surface area contributed by atoms with E-state index in [4.69, 9.17) is 18.9 Å². The fourth-order valence-corrected chi connectivity index (χ4v) is 3.54. The Hall–Kier alpha value is -1.81. The lowest BCUT2D eigenvalue weighted by Crippen LogP contribution is -2.40. The Morgan fingerprint density at radius 1 is 1.25 bits per heavy atom. The summed E-state index contributed by atoms with van der Waals surface area (Å²) in [5, 5.41) is 6.77. The number of hydrogen-bond donors (Lipinski definition) is 2. The number of nitrogens with zero attached hydrogens (tertiary/aromatic N) is 1. The van der Waals surface area contributed by atoms with Crippen LogP contribution in [0.4, 0.5) is 4.39 Å². The number of halogens is 2. The van der Waals surface area contributed by atoms with Crippen LogP contribution in [0, 0.1) is 17.7 Å². The summed E-state index contributed by atoms with van der Waals surface area (Å²) in [5.41, 5.74) is 0.848. The van der Waals surface area contributed by atoms with Crippen LogP contribution >= 0.6 is 24.0 Å². The van der Waals surface area contributed by atoms with Crippen molar-refractivity contribution in [2.75, 3.05) is 32.9 Å². The maximum absolute atomic E-state index is 14.5. The van der Waals surface area contributed by atoms with E-state index in [1.54, 1.807) is 18.4 Å². The van der Waals surface area contributed by atoms with Crippen LogP contribution in [-0.4, -0.2) is 38.9 Å². The number of aliphatic imine (C=N–C) groups is 1. The molecule has 0 radical (unpaired) electrons. The third-order valence-electron chi connectivity index (χ3n) is 5.76. The number of ether oxygens (including phenoxy) is 2. The van der Waals surface area contributed by atoms with Gasteiger partial charge in [-0.1, -0.05) is 6.07 Å². The van der Waals surface area contributed by atoms with Gasteiger partial charge in [-0.2, -0.15) is 0 Å². The fraction of sp³-hybridized carbons (Fsp3) is 0.542. The molecule has 1 aromatic carbocycles. The van der Waals surface area contributed by atoms with Gasteiger partial charge in [-0.05, 0) is 61.9 Å². The molecule has 2 aromatic rings. The zero-order chi connectivity index (χ0) is 21.5. The minimum absolute atomic E-state index is 0. The molecule has 0 bridgehead atoms. The first kappa shape index (κ1) is 24.8. The van der Waals surface area contributed by atoms with E-state index < -0.39 is 0 Å². The minimum atomic E-state index is -0.320. The van der Waals surface area contributed by atoms with Crippen molar-refractivity contribution in [2.45, 2.75) is 38.6 Å². The lowest BCUT2D eigenvalue weighted by molar-refractivity contribution is 0.187. The summed E-state index contributed by atoms with van der Waals surface area (Å²) in [5.74, 6) is 2.68. The zero-order valence-electron chi connectivity index (χ0n) is 18.5. The van der Waals surface area contributed by atoms with Crippen LogP contribution < -0.4 is 15.4 Å². The van der Waals surface area contributed by atoms with E-state index >= 15 is 0 Å². The highest BCUT2D eigenvalue weighted by Crippen LogP contribution is 2.30. The van der Waals surface area contributed by atoms with Gasteiger partial charge in [0, 0.05) is 32.0 Å². The molecule has 1 aliphatic carbocycles. The van der Waals surface area contributed by atoms with Crippen LogP contribution in [0.3, 0.4) is 0 Å². The van der Waals surface area contributed by atoms with E-state index in [1.165, 1.54) is 12.8 Å². The molecule has 2 aliphatic rings. The molecule has 1 aliphatic heterocycles. The highest BCUT2D eigenvalue weighted by molar-refractivity contribution is 14.0. The van der Waals surface area contributed by atoms with E-state index in [2.05, 4.69) is 10.6 Å². The Morgan fingerprint density at radius 2 is 2.12 bits per heavy atom. The predicted octanol–water partition coefficient (Wildman–Crippen LogP) is 4.70. The first-order valence-electron chi connectivity index (χ1n) is 11.2. The number of benzene rings is 1. The lowest BCUT2D eigenvalue weighted by Gasteiger charge is -2.20. The molecule has 2 N–H and O–H groups in total. The Kier molecular flexibility index (Phi) is 9.65. The predicted molar refractivity (Wildman–Crippen MR) is 133 cm³/mol. The van der Waals surface area contributed by atoms with Gasteiger partial charge in [0.2, 0.25) is 0 Å². The molecule has 176 valence electrons. The van der Waals surface area contributed by atoms with E-state index in [0.717, 1.165) is 37.4 Å². The summed E-state index contributed by atoms with van der Waals surface area (Å²) in [6, 6.07) is 8.92. The Bertz CT molecular complexity index is 852. The molecule has 2 atom stereocenters. The molecule has 6 nitrogen and oxygen atoms in total. The largest absolute Gasteiger partial charge is 0.490 e. The third kappa shape index (κ3) is 7.65. The second-order valence-electron chi connectivity index (χ2n) is 8.49. The molecule has 4 rings (SSSR count). The molecular weight excluding hydrogens is 524 g/mol. The van der Waals surface area contributed by atoms with Crippen molar-refractivity contribution < 1.29 is 18.3 Å². The first-order valence-corrected chi connectivity index (χ1v) is 11.2. The van der Waals surface area contributed by atoms with Gasteiger partial charge in [0.05, 0.1) is 25.5 Å². The summed E-state index contributed by atoms with van der Waals surface area (Å²) < 4.78 is 31.0. The highest BCUT2D eigenvalue weighted by atomic mass is 127. The van der Waals surface area contributed by atoms with Gasteiger partial charge in [0.25, 0.3) is 0 Å². The minimum Gasteiger partial charge on any atom is -0.490 e. The van der Waals surface area contributed by atoms with Gasteiger partial charge < -0.3 is 24.5 Å². The molecule has 0 amide bonds. The summed E-state index contributed by atoms with van der Waals surface area (Å²) in [4.78, 5) is 4.75. The molecule has 1 saturated heterocycles. The van der Waals surface area contributed by atoms with Crippen molar-refractivity contribution in [1.29, 1.82) is 0 Å². The van der Waals surface area contributed by atoms with E-state index in [0.29, 0.717) is 43.2 Å². The van der Waals surface area contributed by atoms with Gasteiger partial charge in [-0.15, -0.1) is 24.0 Å². The van der Waals surface area contributed by atoms with Crippen molar-refractivity contribution in [3.8, 4) is 5.75 Å². The maximum atomic E-state index is 14.5. The summed E-state index contributed by atoms with van der Waals surface area (Å²) in [7, 11) is 0. The quantitative estimate of drug-likeness (QED) is 0.252. The number of rotatable bonds is 10. The normalized spacial score (nSPS) is 19.3. The number of nitrogens with one attached hydrogen (secondary N) is 2. The Morgan fingerprint density at radius 3 is 2.81 bits per heavy atom. The fourth-order valence-electron chi connectivity index (χ4n) is 3.54. The van der Waals surface area contributed by atoms with E-state index in [9.17, 15) is 4.39 Å². The average molecular weight is 557 g/mol. The second kappa shape index (κ2) is 12.4. The molecule has 32 heavy (non-hydrogen) atoms. The zero-order valence-corrected chi connectivity index (χ0v) is 20.8. The Labute approximate surface area is 206 Å². The molecule has 1 saturated carbocycles. The van der Waals surface area contributed by atoms with E-state index in [1.807, 2.05) is 25.1 Å². The molecule has 2 fully saturated rings. The molecule has 8 heteroatoms. The van der Waals surface area contributed by atoms with Gasteiger partial charge in [-0.25, -0.2) is 4.39 Å². The summed E-state index contributed by atoms with van der Waals surface area (Å²) in [6.45, 7) is 5.56. The maximum Gasteiger partial charge on any atom is 0.191 e. The van der Waals surface area contributed by atoms with Crippen molar-refractivity contribution in [3.05, 3.63) is 53.7 Å². The van der Waals surface area contributed by atoms with Crippen molar-refractivity contribution in [1.82, 2.24) is 10.6 Å². The van der Waals surface area contributed by atoms with Crippen LogP contribution in [0.5, 0.6) is 5.75 Å². The van der Waals surface area contributed by atoms with Crippen molar-refractivity contribution in [2.24, 2.45) is 16.8 Å². The topological polar surface area (TPSA) is 68.0 Å². The van der Waals surface area contributed by atoms with Crippen LogP contribution in [0.25, 0.3) is 0 Å². The van der Waals surface area contributed by atoms with Gasteiger partial charge >= 0.3 is 0 Å². The number of guanidine groups is 1. The molecule has 0 spiro atoms. The van der Waals surface area contributed by atoms with E-state index in [-0.39, 0.29) is 35.8 Å². The average Bonchev–Trinajstić information content (AvgIpc) is 3.21. The molecule has 1 aromatic heterocycles. The van der Waals surface area contributed by atoms with Crippen LogP contribution in [0.2, 0.25) is 0 Å². The highest BCUT2D eigenvalue weighted by Gasteiger charge is 2.22. The molecular formula is C24H33FIN3O3. The van der Waals surface area contributed by atoms with Crippen LogP contribution in [0.15, 0.2) is 46.0 Å². The first-order chi connectivity index (χ1) is 15.2. The van der Waals surface area contributed by atoms with Crippen LogP contribution in [0.1, 0.15) is 43.6 Å². The third-order valence-corrected chi connectivity index (χ3v) is 5.76.